The molecule has 0 radical (unpaired) electrons. The zero-order chi connectivity index (χ0) is 20.1. The second-order valence-electron chi connectivity index (χ2n) is 5.96. The summed E-state index contributed by atoms with van der Waals surface area (Å²) in [4.78, 5) is 27.8. The van der Waals surface area contributed by atoms with E-state index in [1.165, 1.54) is 18.5 Å². The number of anilines is 2. The number of ketones is 1. The summed E-state index contributed by atoms with van der Waals surface area (Å²) < 4.78 is 5.18. The number of nitrogens with two attached hydrogens (primary N) is 1. The lowest BCUT2D eigenvalue weighted by Crippen LogP contribution is -2.12. The number of nitrogen functional groups attached to an aromatic ring is 1. The zero-order valence-electron chi connectivity index (χ0n) is 15.0. The molecule has 7 nitrogen and oxygen atoms in total. The van der Waals surface area contributed by atoms with Gasteiger partial charge in [-0.25, -0.2) is 4.98 Å². The Hall–Kier alpha value is -3.89. The molecule has 0 saturated heterocycles. The topological polar surface area (TPSA) is 118 Å². The molecule has 4 N–H and O–H groups in total. The second-order valence-corrected chi connectivity index (χ2v) is 5.96. The quantitative estimate of drug-likeness (QED) is 0.476. The Labute approximate surface area is 161 Å². The molecule has 0 fully saturated rings. The Morgan fingerprint density at radius 1 is 1.25 bits per heavy atom. The molecular formula is C21H17N3O4. The minimum Gasteiger partial charge on any atom is -0.459 e. The summed E-state index contributed by atoms with van der Waals surface area (Å²) in [7, 11) is 0. The van der Waals surface area contributed by atoms with E-state index in [1.54, 1.807) is 37.3 Å². The molecule has 0 aliphatic rings. The SMILES string of the molecule is Cc1ccoc1C(=O)Nc1cccc(C#Cc2cc(C(=O)CO)cnc2N)c1. The molecule has 3 rings (SSSR count). The van der Waals surface area contributed by atoms with E-state index < -0.39 is 12.4 Å². The van der Waals surface area contributed by atoms with Gasteiger partial charge in [-0.3, -0.25) is 9.59 Å². The number of hydrogen-bond acceptors (Lipinski definition) is 6. The third-order valence-electron chi connectivity index (χ3n) is 3.91. The van der Waals surface area contributed by atoms with E-state index in [2.05, 4.69) is 22.1 Å². The highest BCUT2D eigenvalue weighted by Crippen LogP contribution is 2.15. The van der Waals surface area contributed by atoms with Crippen molar-refractivity contribution in [3.05, 3.63) is 76.9 Å². The van der Waals surface area contributed by atoms with Crippen LogP contribution in [-0.2, 0) is 0 Å². The van der Waals surface area contributed by atoms with Crippen molar-refractivity contribution in [1.29, 1.82) is 0 Å². The van der Waals surface area contributed by atoms with Crippen LogP contribution < -0.4 is 11.1 Å². The summed E-state index contributed by atoms with van der Waals surface area (Å²) in [6, 6.07) is 10.2. The van der Waals surface area contributed by atoms with Gasteiger partial charge in [0.25, 0.3) is 5.91 Å². The van der Waals surface area contributed by atoms with Crippen LogP contribution in [0.4, 0.5) is 11.5 Å². The van der Waals surface area contributed by atoms with Gasteiger partial charge < -0.3 is 20.6 Å². The highest BCUT2D eigenvalue weighted by Gasteiger charge is 2.12. The van der Waals surface area contributed by atoms with Gasteiger partial charge in [0, 0.05) is 28.6 Å². The van der Waals surface area contributed by atoms with Crippen molar-refractivity contribution in [3.8, 4) is 11.8 Å². The number of Topliss-reactive ketones (excluding diaryl/α,β-unsaturated/α-hetero) is 1. The van der Waals surface area contributed by atoms with Crippen LogP contribution >= 0.6 is 0 Å². The largest absolute Gasteiger partial charge is 0.459 e. The molecule has 0 atom stereocenters. The number of aryl methyl sites for hydroxylation is 1. The monoisotopic (exact) mass is 375 g/mol. The van der Waals surface area contributed by atoms with Crippen LogP contribution in [-0.4, -0.2) is 28.4 Å². The average molecular weight is 375 g/mol. The van der Waals surface area contributed by atoms with Gasteiger partial charge in [0.2, 0.25) is 0 Å². The first-order chi connectivity index (χ1) is 13.5. The van der Waals surface area contributed by atoms with Gasteiger partial charge in [0.15, 0.2) is 11.5 Å². The summed E-state index contributed by atoms with van der Waals surface area (Å²) in [5.41, 5.74) is 8.35. The number of carbonyl (C=O) groups excluding carboxylic acids is 2. The maximum atomic E-state index is 12.2. The van der Waals surface area contributed by atoms with Crippen molar-refractivity contribution >= 4 is 23.2 Å². The third kappa shape index (κ3) is 4.26. The van der Waals surface area contributed by atoms with Crippen LogP contribution in [0, 0.1) is 18.8 Å². The molecule has 2 aromatic heterocycles. The van der Waals surface area contributed by atoms with Gasteiger partial charge in [-0.15, -0.1) is 0 Å². The number of rotatable bonds is 4. The van der Waals surface area contributed by atoms with Crippen LogP contribution in [0.25, 0.3) is 0 Å². The number of aliphatic hydroxyl groups is 1. The fourth-order valence-corrected chi connectivity index (χ4v) is 2.43. The summed E-state index contributed by atoms with van der Waals surface area (Å²) in [5, 5.41) is 11.7. The number of aromatic nitrogens is 1. The Morgan fingerprint density at radius 3 is 2.79 bits per heavy atom. The first-order valence-electron chi connectivity index (χ1n) is 8.35. The summed E-state index contributed by atoms with van der Waals surface area (Å²) >= 11 is 0. The van der Waals surface area contributed by atoms with Crippen LogP contribution in [0.1, 0.15) is 37.6 Å². The van der Waals surface area contributed by atoms with E-state index in [0.29, 0.717) is 16.8 Å². The summed E-state index contributed by atoms with van der Waals surface area (Å²) in [5.74, 6) is 5.41. The normalized spacial score (nSPS) is 10.1. The van der Waals surface area contributed by atoms with Gasteiger partial charge in [-0.1, -0.05) is 17.9 Å². The lowest BCUT2D eigenvalue weighted by atomic mass is 10.1. The van der Waals surface area contributed by atoms with Gasteiger partial charge >= 0.3 is 0 Å². The Kier molecular flexibility index (Phi) is 5.53. The van der Waals surface area contributed by atoms with E-state index in [4.69, 9.17) is 15.3 Å². The van der Waals surface area contributed by atoms with Crippen molar-refractivity contribution < 1.29 is 19.1 Å². The van der Waals surface area contributed by atoms with Crippen molar-refractivity contribution in [3.63, 3.8) is 0 Å². The number of benzene rings is 1. The fourth-order valence-electron chi connectivity index (χ4n) is 2.43. The molecule has 0 unspecified atom stereocenters. The molecule has 0 aliphatic heterocycles. The van der Waals surface area contributed by atoms with Gasteiger partial charge in [-0.2, -0.15) is 0 Å². The van der Waals surface area contributed by atoms with E-state index in [9.17, 15) is 9.59 Å². The summed E-state index contributed by atoms with van der Waals surface area (Å²) in [6.07, 6.45) is 2.76. The van der Waals surface area contributed by atoms with Gasteiger partial charge in [0.05, 0.1) is 11.8 Å². The van der Waals surface area contributed by atoms with Crippen LogP contribution in [0.5, 0.6) is 0 Å². The number of aliphatic hydroxyl groups excluding tert-OH is 1. The number of nitrogens with one attached hydrogen (secondary N) is 1. The number of pyridine rings is 1. The van der Waals surface area contributed by atoms with Crippen LogP contribution in [0.15, 0.2) is 53.3 Å². The highest BCUT2D eigenvalue weighted by molar-refractivity contribution is 6.03. The smallest absolute Gasteiger partial charge is 0.291 e. The minimum absolute atomic E-state index is 0.180. The molecule has 140 valence electrons. The Bertz CT molecular complexity index is 1110. The zero-order valence-corrected chi connectivity index (χ0v) is 15.0. The number of carbonyl (C=O) groups is 2. The maximum Gasteiger partial charge on any atom is 0.291 e. The molecule has 28 heavy (non-hydrogen) atoms. The predicted octanol–water partition coefficient (Wildman–Crippen LogP) is 2.39. The van der Waals surface area contributed by atoms with Gasteiger partial charge in [0.1, 0.15) is 12.4 Å². The first-order valence-corrected chi connectivity index (χ1v) is 8.35. The lowest BCUT2D eigenvalue weighted by molar-refractivity contribution is 0.0903. The van der Waals surface area contributed by atoms with E-state index in [0.717, 1.165) is 5.56 Å². The average Bonchev–Trinajstić information content (AvgIpc) is 3.13. The molecule has 0 saturated carbocycles. The second kappa shape index (κ2) is 8.20. The number of furan rings is 1. The third-order valence-corrected chi connectivity index (χ3v) is 3.91. The van der Waals surface area contributed by atoms with E-state index in [-0.39, 0.29) is 23.0 Å². The summed E-state index contributed by atoms with van der Waals surface area (Å²) in [6.45, 7) is 1.17. The standard InChI is InChI=1S/C21H17N3O4/c1-13-7-8-28-19(13)21(27)24-17-4-2-3-14(9-17)5-6-15-10-16(18(26)12-25)11-23-20(15)22/h2-4,7-11,25H,12H2,1H3,(H2,22,23)(H,24,27). The molecule has 3 aromatic rings. The number of amides is 1. The maximum absolute atomic E-state index is 12.2. The van der Waals surface area contributed by atoms with E-state index in [1.807, 2.05) is 0 Å². The van der Waals surface area contributed by atoms with Gasteiger partial charge in [-0.05, 0) is 37.3 Å². The van der Waals surface area contributed by atoms with Crippen molar-refractivity contribution in [2.75, 3.05) is 17.7 Å². The minimum atomic E-state index is -0.616. The first kappa shape index (κ1) is 18.9. The molecule has 1 aromatic carbocycles. The van der Waals surface area contributed by atoms with Crippen molar-refractivity contribution in [2.24, 2.45) is 0 Å². The van der Waals surface area contributed by atoms with Crippen LogP contribution in [0.3, 0.4) is 0 Å². The molecule has 0 aliphatic carbocycles. The molecular weight excluding hydrogens is 358 g/mol. The number of nitrogens with zero attached hydrogens (tertiary/aromatic N) is 1. The van der Waals surface area contributed by atoms with E-state index >= 15 is 0 Å². The molecule has 7 heteroatoms. The Morgan fingerprint density at radius 2 is 2.07 bits per heavy atom. The predicted molar refractivity (Wildman–Crippen MR) is 104 cm³/mol. The van der Waals surface area contributed by atoms with Crippen LogP contribution in [0.2, 0.25) is 0 Å². The Balaban J connectivity index is 1.82. The molecule has 1 amide bonds. The highest BCUT2D eigenvalue weighted by atomic mass is 16.3. The number of hydrogen-bond donors (Lipinski definition) is 3. The lowest BCUT2D eigenvalue weighted by Gasteiger charge is -2.04. The molecule has 2 heterocycles. The fraction of sp³-hybridized carbons (Fsp3) is 0.0952. The van der Waals surface area contributed by atoms with Crippen molar-refractivity contribution in [2.45, 2.75) is 6.92 Å². The molecule has 0 bridgehead atoms. The molecule has 0 spiro atoms. The van der Waals surface area contributed by atoms with Crippen molar-refractivity contribution in [1.82, 2.24) is 4.98 Å².